The Morgan fingerprint density at radius 3 is 2.53 bits per heavy atom. The quantitative estimate of drug-likeness (QED) is 0.528. The zero-order valence-corrected chi connectivity index (χ0v) is 20.2. The van der Waals surface area contributed by atoms with Crippen molar-refractivity contribution in [2.45, 2.75) is 37.5 Å². The third-order valence-corrected chi connectivity index (χ3v) is 6.97. The third-order valence-electron chi connectivity index (χ3n) is 6.97. The fourth-order valence-corrected chi connectivity index (χ4v) is 5.14. The first-order valence-electron chi connectivity index (χ1n) is 12.2. The van der Waals surface area contributed by atoms with Gasteiger partial charge in [-0.3, -0.25) is 9.59 Å². The molecule has 36 heavy (non-hydrogen) atoms. The molecule has 6 nitrogen and oxygen atoms in total. The van der Waals surface area contributed by atoms with E-state index in [1.54, 1.807) is 30.2 Å². The van der Waals surface area contributed by atoms with Gasteiger partial charge in [-0.1, -0.05) is 42.5 Å². The molecular weight excluding hydrogens is 459 g/mol. The van der Waals surface area contributed by atoms with Crippen LogP contribution in [-0.2, 0) is 16.1 Å². The van der Waals surface area contributed by atoms with Crippen molar-refractivity contribution in [3.63, 3.8) is 0 Å². The van der Waals surface area contributed by atoms with E-state index in [0.717, 1.165) is 24.0 Å². The van der Waals surface area contributed by atoms with Gasteiger partial charge in [-0.15, -0.1) is 0 Å². The summed E-state index contributed by atoms with van der Waals surface area (Å²) >= 11 is 0. The van der Waals surface area contributed by atoms with Gasteiger partial charge >= 0.3 is 0 Å². The molecule has 3 aromatic rings. The van der Waals surface area contributed by atoms with Crippen LogP contribution in [0.4, 0.5) is 4.39 Å². The van der Waals surface area contributed by atoms with E-state index in [0.29, 0.717) is 30.0 Å². The fourth-order valence-electron chi connectivity index (χ4n) is 5.14. The monoisotopic (exact) mass is 488 g/mol. The first-order chi connectivity index (χ1) is 17.5. The van der Waals surface area contributed by atoms with Crippen molar-refractivity contribution in [1.82, 2.24) is 10.2 Å². The number of ether oxygens (including phenoxy) is 2. The SMILES string of the molecule is COc1ccc(C2C(C(=O)NCC3CCCO3)c3ccccc3C(=O)N2Cc2ccc(F)cc2)cc1. The van der Waals surface area contributed by atoms with Crippen molar-refractivity contribution in [3.05, 3.63) is 101 Å². The van der Waals surface area contributed by atoms with Crippen LogP contribution in [0.5, 0.6) is 5.75 Å². The number of carbonyl (C=O) groups is 2. The van der Waals surface area contributed by atoms with E-state index in [4.69, 9.17) is 9.47 Å². The van der Waals surface area contributed by atoms with Gasteiger partial charge < -0.3 is 19.7 Å². The lowest BCUT2D eigenvalue weighted by Crippen LogP contribution is -2.48. The second-order valence-electron chi connectivity index (χ2n) is 9.22. The summed E-state index contributed by atoms with van der Waals surface area (Å²) in [6.45, 7) is 1.37. The van der Waals surface area contributed by atoms with E-state index in [-0.39, 0.29) is 30.3 Å². The molecule has 0 aromatic heterocycles. The number of halogens is 1. The summed E-state index contributed by atoms with van der Waals surface area (Å²) in [6, 6.07) is 20.3. The normalized spacial score (nSPS) is 21.2. The van der Waals surface area contributed by atoms with E-state index in [1.165, 1.54) is 12.1 Å². The van der Waals surface area contributed by atoms with Gasteiger partial charge in [-0.05, 0) is 59.9 Å². The van der Waals surface area contributed by atoms with E-state index in [9.17, 15) is 14.0 Å². The maximum absolute atomic E-state index is 13.8. The molecular formula is C29H29FN2O4. The number of benzene rings is 3. The maximum atomic E-state index is 13.8. The highest BCUT2D eigenvalue weighted by Gasteiger charge is 2.44. The minimum Gasteiger partial charge on any atom is -0.497 e. The molecule has 1 N–H and O–H groups in total. The second kappa shape index (κ2) is 10.5. The molecule has 2 aliphatic rings. The Labute approximate surface area is 210 Å². The summed E-state index contributed by atoms with van der Waals surface area (Å²) in [5.74, 6) is -0.610. The van der Waals surface area contributed by atoms with Crippen LogP contribution in [0, 0.1) is 5.82 Å². The van der Waals surface area contributed by atoms with Crippen molar-refractivity contribution >= 4 is 11.8 Å². The van der Waals surface area contributed by atoms with E-state index in [2.05, 4.69) is 5.32 Å². The van der Waals surface area contributed by atoms with Crippen molar-refractivity contribution < 1.29 is 23.5 Å². The number of fused-ring (bicyclic) bond motifs is 1. The minimum absolute atomic E-state index is 0.00386. The highest BCUT2D eigenvalue weighted by Crippen LogP contribution is 2.44. The topological polar surface area (TPSA) is 67.9 Å². The second-order valence-corrected chi connectivity index (χ2v) is 9.22. The number of carbonyl (C=O) groups excluding carboxylic acids is 2. The first-order valence-corrected chi connectivity index (χ1v) is 12.2. The summed E-state index contributed by atoms with van der Waals surface area (Å²) in [4.78, 5) is 29.3. The van der Waals surface area contributed by atoms with Gasteiger partial charge in [0.1, 0.15) is 11.6 Å². The molecule has 2 amide bonds. The molecule has 0 bridgehead atoms. The predicted molar refractivity (Wildman–Crippen MR) is 133 cm³/mol. The molecule has 186 valence electrons. The molecule has 7 heteroatoms. The maximum Gasteiger partial charge on any atom is 0.255 e. The van der Waals surface area contributed by atoms with Crippen LogP contribution < -0.4 is 10.1 Å². The molecule has 0 radical (unpaired) electrons. The summed E-state index contributed by atoms with van der Waals surface area (Å²) in [6.07, 6.45) is 1.91. The number of amides is 2. The van der Waals surface area contributed by atoms with Gasteiger partial charge in [0.25, 0.3) is 5.91 Å². The average molecular weight is 489 g/mol. The Bertz CT molecular complexity index is 1220. The Kier molecular flexibility index (Phi) is 7.00. The van der Waals surface area contributed by atoms with Crippen LogP contribution >= 0.6 is 0 Å². The standard InChI is InChI=1S/C29H29FN2O4/c1-35-22-14-10-20(11-15-22)27-26(28(33)31-17-23-5-4-16-36-23)24-6-2-3-7-25(24)29(34)32(27)18-19-8-12-21(30)13-9-19/h2-3,6-15,23,26-27H,4-5,16-18H2,1H3,(H,31,33). The van der Waals surface area contributed by atoms with Crippen molar-refractivity contribution in [2.75, 3.05) is 20.3 Å². The van der Waals surface area contributed by atoms with Crippen molar-refractivity contribution in [1.29, 1.82) is 0 Å². The molecule has 2 aliphatic heterocycles. The van der Waals surface area contributed by atoms with Crippen molar-refractivity contribution in [3.8, 4) is 5.75 Å². The molecule has 3 atom stereocenters. The zero-order valence-electron chi connectivity index (χ0n) is 20.2. The summed E-state index contributed by atoms with van der Waals surface area (Å²) < 4.78 is 24.6. The summed E-state index contributed by atoms with van der Waals surface area (Å²) in [5.41, 5.74) is 2.80. The van der Waals surface area contributed by atoms with Crippen LogP contribution in [0.3, 0.4) is 0 Å². The number of hydrogen-bond donors (Lipinski definition) is 1. The van der Waals surface area contributed by atoms with Crippen LogP contribution in [0.15, 0.2) is 72.8 Å². The molecule has 1 saturated heterocycles. The number of rotatable bonds is 7. The number of nitrogens with zero attached hydrogens (tertiary/aromatic N) is 1. The Morgan fingerprint density at radius 2 is 1.83 bits per heavy atom. The molecule has 3 aromatic carbocycles. The predicted octanol–water partition coefficient (Wildman–Crippen LogP) is 4.61. The molecule has 2 heterocycles. The number of methoxy groups -OCH3 is 1. The van der Waals surface area contributed by atoms with E-state index >= 15 is 0 Å². The number of nitrogens with one attached hydrogen (secondary N) is 1. The van der Waals surface area contributed by atoms with E-state index in [1.807, 2.05) is 42.5 Å². The van der Waals surface area contributed by atoms with Crippen LogP contribution in [0.1, 0.15) is 51.8 Å². The fraction of sp³-hybridized carbons (Fsp3) is 0.310. The molecule has 3 unspecified atom stereocenters. The lowest BCUT2D eigenvalue weighted by Gasteiger charge is -2.42. The minimum atomic E-state index is -0.630. The highest BCUT2D eigenvalue weighted by atomic mass is 19.1. The molecule has 0 aliphatic carbocycles. The van der Waals surface area contributed by atoms with Gasteiger partial charge in [0, 0.05) is 25.3 Å². The van der Waals surface area contributed by atoms with Crippen molar-refractivity contribution in [2.24, 2.45) is 0 Å². The van der Waals surface area contributed by atoms with Gasteiger partial charge in [0.2, 0.25) is 5.91 Å². The molecule has 5 rings (SSSR count). The van der Waals surface area contributed by atoms with E-state index < -0.39 is 12.0 Å². The third kappa shape index (κ3) is 4.84. The lowest BCUT2D eigenvalue weighted by molar-refractivity contribution is -0.124. The highest BCUT2D eigenvalue weighted by molar-refractivity contribution is 6.01. The van der Waals surface area contributed by atoms with Crippen LogP contribution in [0.25, 0.3) is 0 Å². The van der Waals surface area contributed by atoms with Gasteiger partial charge in [-0.2, -0.15) is 0 Å². The average Bonchev–Trinajstić information content (AvgIpc) is 3.44. The Hall–Kier alpha value is -3.71. The van der Waals surface area contributed by atoms with Gasteiger partial charge in [-0.25, -0.2) is 4.39 Å². The lowest BCUT2D eigenvalue weighted by atomic mass is 9.79. The molecule has 1 fully saturated rings. The molecule has 0 saturated carbocycles. The van der Waals surface area contributed by atoms with Gasteiger partial charge in [0.15, 0.2) is 0 Å². The van der Waals surface area contributed by atoms with Crippen LogP contribution in [-0.4, -0.2) is 43.1 Å². The summed E-state index contributed by atoms with van der Waals surface area (Å²) in [7, 11) is 1.59. The zero-order chi connectivity index (χ0) is 25.1. The largest absolute Gasteiger partial charge is 0.497 e. The van der Waals surface area contributed by atoms with Crippen LogP contribution in [0.2, 0.25) is 0 Å². The Balaban J connectivity index is 1.57. The van der Waals surface area contributed by atoms with Gasteiger partial charge in [0.05, 0.1) is 25.2 Å². The molecule has 0 spiro atoms. The summed E-state index contributed by atoms with van der Waals surface area (Å²) in [5, 5.41) is 3.09. The Morgan fingerprint density at radius 1 is 1.08 bits per heavy atom. The first kappa shape index (κ1) is 24.0. The number of hydrogen-bond acceptors (Lipinski definition) is 4. The smallest absolute Gasteiger partial charge is 0.255 e.